The van der Waals surface area contributed by atoms with Gasteiger partial charge in [0.05, 0.1) is 27.2 Å². The SMILES string of the molecule is Cc1nc2ccc(Br)cc2c(=O)n1N=Cc1cc(Cl)c(OCc2cccc3ccccc23)c(Cl)c1. The Morgan fingerprint density at radius 1 is 1.00 bits per heavy atom. The highest BCUT2D eigenvalue weighted by Gasteiger charge is 2.12. The van der Waals surface area contributed by atoms with E-state index in [0.29, 0.717) is 44.7 Å². The van der Waals surface area contributed by atoms with Crippen molar-refractivity contribution in [2.45, 2.75) is 13.5 Å². The molecule has 5 nitrogen and oxygen atoms in total. The maximum Gasteiger partial charge on any atom is 0.282 e. The highest BCUT2D eigenvalue weighted by Crippen LogP contribution is 2.35. The fourth-order valence-electron chi connectivity index (χ4n) is 3.88. The predicted octanol–water partition coefficient (Wildman–Crippen LogP) is 7.39. The van der Waals surface area contributed by atoms with Crippen molar-refractivity contribution in [2.75, 3.05) is 0 Å². The molecule has 0 saturated heterocycles. The van der Waals surface area contributed by atoms with Gasteiger partial charge in [0.15, 0.2) is 5.75 Å². The van der Waals surface area contributed by atoms with Crippen LogP contribution in [0.4, 0.5) is 0 Å². The molecular formula is C27H18BrCl2N3O2. The standard InChI is InChI=1S/C27H18BrCl2N3O2/c1-16-32-25-10-9-20(28)13-22(25)27(34)33(16)31-14-17-11-23(29)26(24(30)12-17)35-15-19-7-4-6-18-5-2-3-8-21(18)19/h2-14H,15H2,1H3. The molecule has 8 heteroatoms. The summed E-state index contributed by atoms with van der Waals surface area (Å²) in [5.74, 6) is 0.859. The predicted molar refractivity (Wildman–Crippen MR) is 146 cm³/mol. The van der Waals surface area contributed by atoms with Crippen LogP contribution in [0.3, 0.4) is 0 Å². The minimum absolute atomic E-state index is 0.266. The number of halogens is 3. The normalized spacial score (nSPS) is 11.5. The minimum Gasteiger partial charge on any atom is -0.486 e. The molecule has 1 heterocycles. The second-order valence-electron chi connectivity index (χ2n) is 7.92. The van der Waals surface area contributed by atoms with Gasteiger partial charge in [0.2, 0.25) is 0 Å². The molecule has 0 aliphatic carbocycles. The molecular weight excluding hydrogens is 549 g/mol. The van der Waals surface area contributed by atoms with E-state index < -0.39 is 0 Å². The summed E-state index contributed by atoms with van der Waals surface area (Å²) >= 11 is 16.4. The van der Waals surface area contributed by atoms with Crippen molar-refractivity contribution in [2.24, 2.45) is 5.10 Å². The Hall–Kier alpha value is -3.19. The van der Waals surface area contributed by atoms with Crippen LogP contribution in [0.5, 0.6) is 5.75 Å². The first-order valence-electron chi connectivity index (χ1n) is 10.7. The summed E-state index contributed by atoms with van der Waals surface area (Å²) < 4.78 is 8.04. The van der Waals surface area contributed by atoms with E-state index in [9.17, 15) is 4.79 Å². The van der Waals surface area contributed by atoms with Crippen molar-refractivity contribution in [1.82, 2.24) is 9.66 Å². The summed E-state index contributed by atoms with van der Waals surface area (Å²) in [6.07, 6.45) is 1.52. The third-order valence-electron chi connectivity index (χ3n) is 5.56. The van der Waals surface area contributed by atoms with E-state index in [4.69, 9.17) is 27.9 Å². The van der Waals surface area contributed by atoms with Crippen molar-refractivity contribution in [1.29, 1.82) is 0 Å². The van der Waals surface area contributed by atoms with Gasteiger partial charge in [-0.1, -0.05) is 81.6 Å². The lowest BCUT2D eigenvalue weighted by Gasteiger charge is -2.12. The molecule has 5 aromatic rings. The molecule has 0 fully saturated rings. The Bertz CT molecular complexity index is 1650. The van der Waals surface area contributed by atoms with Crippen molar-refractivity contribution < 1.29 is 4.74 Å². The lowest BCUT2D eigenvalue weighted by Crippen LogP contribution is -2.20. The first-order chi connectivity index (χ1) is 16.9. The quantitative estimate of drug-likeness (QED) is 0.208. The maximum absolute atomic E-state index is 12.9. The van der Waals surface area contributed by atoms with Crippen molar-refractivity contribution in [3.05, 3.63) is 115 Å². The third-order valence-corrected chi connectivity index (χ3v) is 6.62. The van der Waals surface area contributed by atoms with E-state index in [0.717, 1.165) is 20.8 Å². The topological polar surface area (TPSA) is 56.5 Å². The zero-order valence-electron chi connectivity index (χ0n) is 18.5. The summed E-state index contributed by atoms with van der Waals surface area (Å²) in [5.41, 5.74) is 2.00. The molecule has 0 aliphatic heterocycles. The number of benzene rings is 4. The number of hydrogen-bond acceptors (Lipinski definition) is 4. The number of fused-ring (bicyclic) bond motifs is 2. The second-order valence-corrected chi connectivity index (χ2v) is 9.65. The first kappa shape index (κ1) is 23.5. The summed E-state index contributed by atoms with van der Waals surface area (Å²) in [4.78, 5) is 17.4. The number of ether oxygens (including phenoxy) is 1. The van der Waals surface area contributed by atoms with Crippen LogP contribution in [0, 0.1) is 6.92 Å². The molecule has 0 spiro atoms. The molecule has 0 saturated carbocycles. The van der Waals surface area contributed by atoms with E-state index in [2.05, 4.69) is 44.2 Å². The molecule has 0 radical (unpaired) electrons. The van der Waals surface area contributed by atoms with E-state index in [1.807, 2.05) is 30.3 Å². The van der Waals surface area contributed by atoms with Crippen LogP contribution in [0.25, 0.3) is 21.7 Å². The Morgan fingerprint density at radius 2 is 1.74 bits per heavy atom. The number of aromatic nitrogens is 2. The lowest BCUT2D eigenvalue weighted by atomic mass is 10.1. The fraction of sp³-hybridized carbons (Fsp3) is 0.0741. The summed E-state index contributed by atoms with van der Waals surface area (Å²) in [5, 5.41) is 7.76. The lowest BCUT2D eigenvalue weighted by molar-refractivity contribution is 0.308. The van der Waals surface area contributed by atoms with Gasteiger partial charge in [-0.2, -0.15) is 9.78 Å². The summed E-state index contributed by atoms with van der Waals surface area (Å²) in [7, 11) is 0. The van der Waals surface area contributed by atoms with Gasteiger partial charge in [-0.25, -0.2) is 4.98 Å². The molecule has 5 rings (SSSR count). The van der Waals surface area contributed by atoms with Gasteiger partial charge in [-0.3, -0.25) is 4.79 Å². The van der Waals surface area contributed by atoms with Crippen LogP contribution in [-0.4, -0.2) is 15.9 Å². The van der Waals surface area contributed by atoms with Gasteiger partial charge < -0.3 is 4.74 Å². The van der Waals surface area contributed by atoms with Crippen molar-refractivity contribution in [3.63, 3.8) is 0 Å². The summed E-state index contributed by atoms with van der Waals surface area (Å²) in [6.45, 7) is 2.05. The molecule has 0 unspecified atom stereocenters. The Kier molecular flexibility index (Phi) is 6.60. The number of rotatable bonds is 5. The Balaban J connectivity index is 1.42. The van der Waals surface area contributed by atoms with Crippen LogP contribution in [0.1, 0.15) is 17.0 Å². The van der Waals surface area contributed by atoms with E-state index in [1.54, 1.807) is 31.2 Å². The van der Waals surface area contributed by atoms with Crippen LogP contribution in [0.15, 0.2) is 87.2 Å². The molecule has 4 aromatic carbocycles. The highest BCUT2D eigenvalue weighted by atomic mass is 79.9. The average Bonchev–Trinajstić information content (AvgIpc) is 2.84. The van der Waals surface area contributed by atoms with Crippen LogP contribution in [0.2, 0.25) is 10.0 Å². The highest BCUT2D eigenvalue weighted by molar-refractivity contribution is 9.10. The van der Waals surface area contributed by atoms with Gasteiger partial charge >= 0.3 is 0 Å². The molecule has 35 heavy (non-hydrogen) atoms. The Morgan fingerprint density at radius 3 is 2.54 bits per heavy atom. The molecule has 174 valence electrons. The smallest absolute Gasteiger partial charge is 0.282 e. The summed E-state index contributed by atoms with van der Waals surface area (Å²) in [6, 6.07) is 22.9. The maximum atomic E-state index is 12.9. The average molecular weight is 567 g/mol. The van der Waals surface area contributed by atoms with Gasteiger partial charge in [0, 0.05) is 4.47 Å². The van der Waals surface area contributed by atoms with Gasteiger partial charge in [-0.15, -0.1) is 0 Å². The monoisotopic (exact) mass is 565 g/mol. The van der Waals surface area contributed by atoms with Crippen LogP contribution >= 0.6 is 39.1 Å². The molecule has 0 bridgehead atoms. The van der Waals surface area contributed by atoms with Crippen molar-refractivity contribution >= 4 is 67.0 Å². The van der Waals surface area contributed by atoms with Gasteiger partial charge in [-0.05, 0) is 59.2 Å². The zero-order valence-corrected chi connectivity index (χ0v) is 21.6. The van der Waals surface area contributed by atoms with E-state index in [-0.39, 0.29) is 5.56 Å². The third kappa shape index (κ3) is 4.82. The first-order valence-corrected chi connectivity index (χ1v) is 12.3. The van der Waals surface area contributed by atoms with Gasteiger partial charge in [0.1, 0.15) is 12.4 Å². The van der Waals surface area contributed by atoms with Crippen LogP contribution in [-0.2, 0) is 6.61 Å². The minimum atomic E-state index is -0.266. The molecule has 1 aromatic heterocycles. The number of aryl methyl sites for hydroxylation is 1. The number of nitrogens with zero attached hydrogens (tertiary/aromatic N) is 3. The van der Waals surface area contributed by atoms with E-state index >= 15 is 0 Å². The molecule has 0 amide bonds. The zero-order chi connectivity index (χ0) is 24.5. The van der Waals surface area contributed by atoms with E-state index in [1.165, 1.54) is 10.9 Å². The number of hydrogen-bond donors (Lipinski definition) is 0. The Labute approximate surface area is 219 Å². The van der Waals surface area contributed by atoms with Crippen LogP contribution < -0.4 is 10.3 Å². The molecule has 0 aliphatic rings. The van der Waals surface area contributed by atoms with Crippen molar-refractivity contribution in [3.8, 4) is 5.75 Å². The second kappa shape index (κ2) is 9.82. The largest absolute Gasteiger partial charge is 0.486 e. The fourth-order valence-corrected chi connectivity index (χ4v) is 4.85. The molecule has 0 N–H and O–H groups in total. The molecule has 0 atom stereocenters. The van der Waals surface area contributed by atoms with Gasteiger partial charge in [0.25, 0.3) is 5.56 Å².